The highest BCUT2D eigenvalue weighted by Gasteiger charge is 2.34. The molecule has 1 saturated carbocycles. The molecule has 5 rings (SSSR count). The number of sulfonamides is 1. The molecule has 1 aliphatic carbocycles. The van der Waals surface area contributed by atoms with Crippen LogP contribution >= 0.6 is 0 Å². The molecule has 2 amide bonds. The molecule has 0 unspecified atom stereocenters. The molecule has 0 radical (unpaired) electrons. The summed E-state index contributed by atoms with van der Waals surface area (Å²) in [5.74, 6) is -0.165. The molecule has 1 fully saturated rings. The van der Waals surface area contributed by atoms with Crippen molar-refractivity contribution in [3.05, 3.63) is 126 Å². The number of carbonyl (C=O) groups is 2. The van der Waals surface area contributed by atoms with Crippen molar-refractivity contribution in [3.8, 4) is 11.5 Å². The van der Waals surface area contributed by atoms with Crippen molar-refractivity contribution in [2.24, 2.45) is 0 Å². The average Bonchev–Trinajstić information content (AvgIpc) is 3.07. The zero-order chi connectivity index (χ0) is 33.2. The van der Waals surface area contributed by atoms with Gasteiger partial charge in [0.05, 0.1) is 11.9 Å². The molecular weight excluding hydrogens is 617 g/mol. The predicted octanol–water partition coefficient (Wildman–Crippen LogP) is 6.47. The summed E-state index contributed by atoms with van der Waals surface area (Å²) in [6.45, 7) is -0.558. The van der Waals surface area contributed by atoms with Gasteiger partial charge in [-0.15, -0.1) is 0 Å². The monoisotopic (exact) mass is 657 g/mol. The van der Waals surface area contributed by atoms with Crippen LogP contribution in [0.25, 0.3) is 0 Å². The number of hydrogen-bond acceptors (Lipinski definition) is 5. The van der Waals surface area contributed by atoms with E-state index in [1.54, 1.807) is 48.5 Å². The van der Waals surface area contributed by atoms with Crippen LogP contribution in [0.4, 0.5) is 10.1 Å². The summed E-state index contributed by atoms with van der Waals surface area (Å²) in [6.07, 6.45) is 6.14. The third-order valence-corrected chi connectivity index (χ3v) is 9.41. The van der Waals surface area contributed by atoms with Crippen LogP contribution in [0.5, 0.6) is 11.5 Å². The fraction of sp³-hybridized carbons (Fsp3) is 0.297. The largest absolute Gasteiger partial charge is 0.457 e. The van der Waals surface area contributed by atoms with Gasteiger partial charge in [0.15, 0.2) is 0 Å². The molecule has 4 aromatic carbocycles. The minimum Gasteiger partial charge on any atom is -0.457 e. The highest BCUT2D eigenvalue weighted by Crippen LogP contribution is 2.26. The maximum atomic E-state index is 14.3. The number of halogens is 1. The third kappa shape index (κ3) is 9.65. The van der Waals surface area contributed by atoms with E-state index in [-0.39, 0.29) is 30.6 Å². The van der Waals surface area contributed by atoms with E-state index >= 15 is 0 Å². The molecule has 246 valence electrons. The topological polar surface area (TPSA) is 96.0 Å². The van der Waals surface area contributed by atoms with Crippen LogP contribution in [0, 0.1) is 5.82 Å². The van der Waals surface area contributed by atoms with Gasteiger partial charge in [-0.2, -0.15) is 0 Å². The van der Waals surface area contributed by atoms with Crippen molar-refractivity contribution in [1.82, 2.24) is 10.2 Å². The molecule has 0 heterocycles. The van der Waals surface area contributed by atoms with E-state index in [1.807, 2.05) is 48.5 Å². The van der Waals surface area contributed by atoms with Crippen LogP contribution in [-0.2, 0) is 32.6 Å². The molecule has 0 bridgehead atoms. The first kappa shape index (κ1) is 33.7. The molecule has 1 aliphatic rings. The second-order valence-corrected chi connectivity index (χ2v) is 13.8. The van der Waals surface area contributed by atoms with Crippen molar-refractivity contribution in [2.45, 2.75) is 57.2 Å². The molecule has 1 N–H and O–H groups in total. The number of nitrogens with one attached hydrogen (secondary N) is 1. The summed E-state index contributed by atoms with van der Waals surface area (Å²) < 4.78 is 47.0. The Kier molecular flexibility index (Phi) is 11.3. The van der Waals surface area contributed by atoms with E-state index in [4.69, 9.17) is 4.74 Å². The normalized spacial score (nSPS) is 14.2. The second kappa shape index (κ2) is 15.7. The lowest BCUT2D eigenvalue weighted by molar-refractivity contribution is -0.140. The van der Waals surface area contributed by atoms with Crippen molar-refractivity contribution in [3.63, 3.8) is 0 Å². The van der Waals surface area contributed by atoms with Gasteiger partial charge in [0.2, 0.25) is 21.8 Å². The van der Waals surface area contributed by atoms with Gasteiger partial charge in [-0.1, -0.05) is 79.9 Å². The number of anilines is 1. The van der Waals surface area contributed by atoms with Crippen LogP contribution in [0.3, 0.4) is 0 Å². The van der Waals surface area contributed by atoms with Gasteiger partial charge < -0.3 is 15.0 Å². The van der Waals surface area contributed by atoms with Crippen molar-refractivity contribution < 1.29 is 27.1 Å². The molecule has 0 saturated heterocycles. The van der Waals surface area contributed by atoms with E-state index in [0.29, 0.717) is 17.1 Å². The Morgan fingerprint density at radius 1 is 0.809 bits per heavy atom. The Bertz CT molecular complexity index is 1710. The van der Waals surface area contributed by atoms with Crippen LogP contribution in [0.1, 0.15) is 43.2 Å². The van der Waals surface area contributed by atoms with Gasteiger partial charge in [-0.05, 0) is 72.5 Å². The van der Waals surface area contributed by atoms with Gasteiger partial charge in [-0.25, -0.2) is 12.8 Å². The number of ether oxygens (including phenoxy) is 1. The van der Waals surface area contributed by atoms with Crippen LogP contribution in [-0.4, -0.2) is 50.0 Å². The van der Waals surface area contributed by atoms with E-state index in [1.165, 1.54) is 17.0 Å². The number of rotatable bonds is 13. The fourth-order valence-corrected chi connectivity index (χ4v) is 6.65. The second-order valence-electron chi connectivity index (χ2n) is 11.9. The van der Waals surface area contributed by atoms with Crippen molar-refractivity contribution in [2.75, 3.05) is 17.1 Å². The zero-order valence-corrected chi connectivity index (χ0v) is 27.2. The fourth-order valence-electron chi connectivity index (χ4n) is 5.80. The molecule has 10 heteroatoms. The van der Waals surface area contributed by atoms with E-state index in [2.05, 4.69) is 5.32 Å². The van der Waals surface area contributed by atoms with E-state index < -0.39 is 34.3 Å². The standard InChI is InChI=1S/C37H40FN3O5S/c1-47(44,45)41(32-21-23-34(24-22-32)46-33-15-9-4-10-16-33)27-36(42)40(26-29-17-19-30(38)20-18-29)35(25-28-11-5-2-6-12-28)37(43)39-31-13-7-3-8-14-31/h2,4-6,9-12,15-24,31,35H,3,7-8,13-14,25-27H2,1H3,(H,39,43)/t35-/m0/s1. The van der Waals surface area contributed by atoms with Crippen molar-refractivity contribution in [1.29, 1.82) is 0 Å². The first-order chi connectivity index (χ1) is 22.7. The lowest BCUT2D eigenvalue weighted by Gasteiger charge is -2.35. The minimum absolute atomic E-state index is 0.00133. The number of carbonyl (C=O) groups excluding carboxylic acids is 2. The average molecular weight is 658 g/mol. The zero-order valence-electron chi connectivity index (χ0n) is 26.4. The summed E-state index contributed by atoms with van der Waals surface area (Å²) in [6, 6.07) is 29.8. The van der Waals surface area contributed by atoms with Crippen LogP contribution in [0.15, 0.2) is 109 Å². The number of hydrogen-bond donors (Lipinski definition) is 1. The number of benzene rings is 4. The quantitative estimate of drug-likeness (QED) is 0.178. The highest BCUT2D eigenvalue weighted by molar-refractivity contribution is 7.92. The maximum absolute atomic E-state index is 14.3. The third-order valence-electron chi connectivity index (χ3n) is 8.27. The van der Waals surface area contributed by atoms with E-state index in [9.17, 15) is 22.4 Å². The summed E-state index contributed by atoms with van der Waals surface area (Å²) in [5, 5.41) is 3.17. The Balaban J connectivity index is 1.45. The lowest BCUT2D eigenvalue weighted by Crippen LogP contribution is -2.55. The molecule has 47 heavy (non-hydrogen) atoms. The molecule has 0 aromatic heterocycles. The summed E-state index contributed by atoms with van der Waals surface area (Å²) in [7, 11) is -3.93. The minimum atomic E-state index is -3.93. The first-order valence-corrected chi connectivity index (χ1v) is 17.7. The summed E-state index contributed by atoms with van der Waals surface area (Å²) >= 11 is 0. The molecular formula is C37H40FN3O5S. The molecule has 0 spiro atoms. The Morgan fingerprint density at radius 3 is 2.02 bits per heavy atom. The van der Waals surface area contributed by atoms with E-state index in [0.717, 1.165) is 48.2 Å². The highest BCUT2D eigenvalue weighted by atomic mass is 32.2. The molecule has 0 aliphatic heterocycles. The molecule has 1 atom stereocenters. The van der Waals surface area contributed by atoms with Gasteiger partial charge in [-0.3, -0.25) is 13.9 Å². The van der Waals surface area contributed by atoms with Gasteiger partial charge in [0, 0.05) is 19.0 Å². The summed E-state index contributed by atoms with van der Waals surface area (Å²) in [4.78, 5) is 29.8. The van der Waals surface area contributed by atoms with Crippen LogP contribution in [0.2, 0.25) is 0 Å². The molecule has 8 nitrogen and oxygen atoms in total. The van der Waals surface area contributed by atoms with Crippen LogP contribution < -0.4 is 14.4 Å². The molecule has 4 aromatic rings. The lowest BCUT2D eigenvalue weighted by atomic mass is 9.94. The Hall–Kier alpha value is -4.70. The van der Waals surface area contributed by atoms with Gasteiger partial charge in [0.25, 0.3) is 0 Å². The number of amides is 2. The Morgan fingerprint density at radius 2 is 1.40 bits per heavy atom. The van der Waals surface area contributed by atoms with Crippen molar-refractivity contribution >= 4 is 27.5 Å². The van der Waals surface area contributed by atoms with Gasteiger partial charge >= 0.3 is 0 Å². The number of nitrogens with zero attached hydrogens (tertiary/aromatic N) is 2. The maximum Gasteiger partial charge on any atom is 0.244 e. The smallest absolute Gasteiger partial charge is 0.244 e. The SMILES string of the molecule is CS(=O)(=O)N(CC(=O)N(Cc1ccc(F)cc1)[C@@H](Cc1ccccc1)C(=O)NC1CCCCC1)c1ccc(Oc2ccccc2)cc1. The summed E-state index contributed by atoms with van der Waals surface area (Å²) in [5.41, 5.74) is 1.73. The first-order valence-electron chi connectivity index (χ1n) is 15.8. The van der Waals surface area contributed by atoms with Gasteiger partial charge in [0.1, 0.15) is 29.9 Å². The predicted molar refractivity (Wildman–Crippen MR) is 181 cm³/mol. The Labute approximate surface area is 276 Å². The number of para-hydroxylation sites is 1.